The lowest BCUT2D eigenvalue weighted by molar-refractivity contribution is -0.133. The number of hydrogen-bond acceptors (Lipinski definition) is 15. The fourth-order valence-corrected chi connectivity index (χ4v) is 10.8. The number of carbonyl (C=O) groups is 4. The number of ether oxygens (including phenoxy) is 1. The summed E-state index contributed by atoms with van der Waals surface area (Å²) in [5.41, 5.74) is 6.31. The number of pyridine rings is 1. The van der Waals surface area contributed by atoms with E-state index in [4.69, 9.17) is 20.3 Å². The summed E-state index contributed by atoms with van der Waals surface area (Å²) in [5, 5.41) is 20.2. The number of amides is 4. The molecular weight excluding hydrogens is 971 g/mol. The third-order valence-electron chi connectivity index (χ3n) is 12.9. The Bertz CT molecular complexity index is 3430. The van der Waals surface area contributed by atoms with E-state index in [0.29, 0.717) is 80.8 Å². The number of anilines is 1. The van der Waals surface area contributed by atoms with E-state index in [9.17, 15) is 50.4 Å². The van der Waals surface area contributed by atoms with Crippen molar-refractivity contribution in [1.29, 1.82) is 10.7 Å². The fraction of sp³-hybridized carbons (Fsp3) is 0.327. The molecule has 4 aromatic rings. The molecule has 1 aliphatic carbocycles. The maximum absolute atomic E-state index is 14.2. The minimum Gasteiger partial charge on any atom is -0.494 e. The van der Waals surface area contributed by atoms with Crippen LogP contribution in [0.15, 0.2) is 93.2 Å². The summed E-state index contributed by atoms with van der Waals surface area (Å²) in [6.45, 7) is 3.91. The first-order valence-electron chi connectivity index (χ1n) is 23.0. The summed E-state index contributed by atoms with van der Waals surface area (Å²) >= 11 is 0. The third kappa shape index (κ3) is 10.7. The second-order valence-electron chi connectivity index (χ2n) is 17.5. The van der Waals surface area contributed by atoms with Crippen molar-refractivity contribution in [2.75, 3.05) is 71.7 Å². The van der Waals surface area contributed by atoms with Gasteiger partial charge in [0.1, 0.15) is 11.8 Å². The van der Waals surface area contributed by atoms with Crippen molar-refractivity contribution >= 4 is 71.4 Å². The Morgan fingerprint density at radius 3 is 2.39 bits per heavy atom. The highest BCUT2D eigenvalue weighted by atomic mass is 32.2. The first-order chi connectivity index (χ1) is 34.3. The molecule has 2 fully saturated rings. The number of piperazine rings is 1. The molecule has 21 nitrogen and oxygen atoms in total. The molecule has 2 saturated heterocycles. The number of likely N-dealkylation sites (tertiary alicyclic amines) is 1. The molecule has 0 saturated carbocycles. The van der Waals surface area contributed by atoms with E-state index in [1.165, 1.54) is 40.3 Å². The van der Waals surface area contributed by atoms with Crippen LogP contribution in [0.4, 0.5) is 5.69 Å². The molecule has 1 aromatic heterocycles. The lowest BCUT2D eigenvalue weighted by Gasteiger charge is -2.35. The number of rotatable bonds is 16. The van der Waals surface area contributed by atoms with E-state index >= 15 is 0 Å². The fourth-order valence-electron chi connectivity index (χ4n) is 9.28. The smallest absolute Gasteiger partial charge is 0.300 e. The van der Waals surface area contributed by atoms with Crippen molar-refractivity contribution in [3.63, 3.8) is 0 Å². The maximum Gasteiger partial charge on any atom is 0.300 e. The summed E-state index contributed by atoms with van der Waals surface area (Å²) in [7, 11) is -8.68. The van der Waals surface area contributed by atoms with Crippen molar-refractivity contribution in [2.45, 2.75) is 47.9 Å². The molecule has 0 unspecified atom stereocenters. The van der Waals surface area contributed by atoms with E-state index < -0.39 is 70.3 Å². The van der Waals surface area contributed by atoms with Gasteiger partial charge in [-0.1, -0.05) is 18.2 Å². The highest BCUT2D eigenvalue weighted by Crippen LogP contribution is 2.45. The molecule has 0 bridgehead atoms. The number of benzene rings is 4. The topological polar surface area (TPSA) is 311 Å². The van der Waals surface area contributed by atoms with Crippen LogP contribution in [0.3, 0.4) is 0 Å². The average molecular weight is 1020 g/mol. The molecule has 0 spiro atoms. The Hall–Kier alpha value is -7.49. The molecule has 4 amide bonds. The van der Waals surface area contributed by atoms with Crippen LogP contribution in [0.5, 0.6) is 5.75 Å². The van der Waals surface area contributed by atoms with Gasteiger partial charge >= 0.3 is 0 Å². The molecule has 4 heterocycles. The summed E-state index contributed by atoms with van der Waals surface area (Å²) < 4.78 is 82.6. The highest BCUT2D eigenvalue weighted by Gasteiger charge is 2.33. The van der Waals surface area contributed by atoms with Gasteiger partial charge in [0.05, 0.1) is 41.3 Å². The maximum atomic E-state index is 14.2. The Morgan fingerprint density at radius 1 is 0.903 bits per heavy atom. The lowest BCUT2D eigenvalue weighted by atomic mass is 9.90. The minimum absolute atomic E-state index is 0.000918. The number of carbonyl (C=O) groups excluding carboxylic acids is 4. The van der Waals surface area contributed by atoms with Gasteiger partial charge < -0.3 is 34.9 Å². The predicted octanol–water partition coefficient (Wildman–Crippen LogP) is 4.02. The molecule has 23 heteroatoms. The number of aromatic nitrogens is 1. The van der Waals surface area contributed by atoms with E-state index in [0.717, 1.165) is 19.0 Å². The largest absolute Gasteiger partial charge is 0.494 e. The van der Waals surface area contributed by atoms with Crippen molar-refractivity contribution < 1.29 is 54.3 Å². The molecule has 3 aromatic carbocycles. The molecule has 6 N–H and O–H groups in total. The zero-order valence-corrected chi connectivity index (χ0v) is 40.7. The molecule has 4 aliphatic rings. The van der Waals surface area contributed by atoms with Crippen LogP contribution in [0.2, 0.25) is 0 Å². The number of nitrogens with one attached hydrogen (secondary N) is 2. The van der Waals surface area contributed by atoms with Crippen molar-refractivity contribution in [2.24, 2.45) is 0 Å². The first kappa shape index (κ1) is 50.9. The Kier molecular flexibility index (Phi) is 14.9. The molecule has 8 rings (SSSR count). The van der Waals surface area contributed by atoms with Crippen LogP contribution in [0, 0.1) is 16.7 Å². The van der Waals surface area contributed by atoms with Crippen LogP contribution in [-0.2, 0) is 29.8 Å². The van der Waals surface area contributed by atoms with Crippen molar-refractivity contribution in [1.82, 2.24) is 29.9 Å². The summed E-state index contributed by atoms with van der Waals surface area (Å²) in [4.78, 5) is 62.9. The van der Waals surface area contributed by atoms with Gasteiger partial charge in [-0.25, -0.2) is 0 Å². The zero-order valence-electron chi connectivity index (χ0n) is 39.0. The van der Waals surface area contributed by atoms with Crippen LogP contribution in [-0.4, -0.2) is 146 Å². The van der Waals surface area contributed by atoms with Crippen LogP contribution in [0.25, 0.3) is 44.3 Å². The van der Waals surface area contributed by atoms with Gasteiger partial charge in [-0.3, -0.25) is 43.6 Å². The molecule has 0 radical (unpaired) electrons. The van der Waals surface area contributed by atoms with Gasteiger partial charge in [-0.15, -0.1) is 0 Å². The van der Waals surface area contributed by atoms with E-state index in [1.54, 1.807) is 54.4 Å². The Labute approximate surface area is 414 Å². The van der Waals surface area contributed by atoms with Gasteiger partial charge in [0, 0.05) is 92.9 Å². The molecule has 3 aliphatic heterocycles. The summed E-state index contributed by atoms with van der Waals surface area (Å²) in [5.74, 6) is -1.34. The number of hydrogen-bond donors (Lipinski definition) is 5. The highest BCUT2D eigenvalue weighted by molar-refractivity contribution is 7.86. The second-order valence-corrected chi connectivity index (χ2v) is 20.2. The summed E-state index contributed by atoms with van der Waals surface area (Å²) in [6, 6.07) is 19.8. The first-order valence-corrected chi connectivity index (χ1v) is 25.9. The van der Waals surface area contributed by atoms with Gasteiger partial charge in [0.25, 0.3) is 32.1 Å². The second kappa shape index (κ2) is 21.1. The molecule has 1 atom stereocenters. The van der Waals surface area contributed by atoms with E-state index in [-0.39, 0.29) is 59.0 Å². The number of nitrogen functional groups attached to an aromatic ring is 1. The third-order valence-corrected chi connectivity index (χ3v) is 14.7. The lowest BCUT2D eigenvalue weighted by Crippen LogP contribution is -2.49. The Morgan fingerprint density at radius 2 is 1.65 bits per heavy atom. The number of nitrogens with zero attached hydrogens (tertiary/aromatic N) is 6. The van der Waals surface area contributed by atoms with Gasteiger partial charge in [-0.05, 0) is 85.8 Å². The number of nitriles is 1. The Balaban J connectivity index is 0.844. The van der Waals surface area contributed by atoms with Crippen LogP contribution < -0.4 is 21.1 Å². The SMILES string of the molecule is CN(CCCC(=O)N1CCN(CCCOc2ccc3nccc(C(=O)NCC(=O)N4CCC[C@H]4C#N)c3c2)CC1)C(=O)c1ccccc1-c1c2ccc(=N)c(S(=O)(=O)O)c-2oc2c(S(=O)(=O)O)c(N)ccc12. The zero-order chi connectivity index (χ0) is 51.5. The quantitative estimate of drug-likeness (QED) is 0.0396. The average Bonchev–Trinajstić information content (AvgIpc) is 3.84. The van der Waals surface area contributed by atoms with Crippen LogP contribution in [0.1, 0.15) is 52.8 Å². The van der Waals surface area contributed by atoms with Gasteiger partial charge in [-0.2, -0.15) is 22.1 Å². The van der Waals surface area contributed by atoms with Gasteiger partial charge in [0.15, 0.2) is 21.1 Å². The minimum atomic E-state index is -5.14. The molecule has 376 valence electrons. The molecular formula is C49H51N9O12S2. The van der Waals surface area contributed by atoms with Crippen molar-refractivity contribution in [3.8, 4) is 34.3 Å². The number of fused-ring (bicyclic) bond motifs is 3. The normalized spacial score (nSPS) is 15.4. The van der Waals surface area contributed by atoms with Gasteiger partial charge in [0.2, 0.25) is 11.8 Å². The number of nitrogens with two attached hydrogens (primary N) is 1. The van der Waals surface area contributed by atoms with E-state index in [2.05, 4.69) is 21.3 Å². The monoisotopic (exact) mass is 1020 g/mol. The summed E-state index contributed by atoms with van der Waals surface area (Å²) in [6.07, 6.45) is 4.09. The van der Waals surface area contributed by atoms with Crippen LogP contribution >= 0.6 is 0 Å². The van der Waals surface area contributed by atoms with E-state index in [1.807, 2.05) is 0 Å². The van der Waals surface area contributed by atoms with Crippen molar-refractivity contribution in [3.05, 3.63) is 95.5 Å². The predicted molar refractivity (Wildman–Crippen MR) is 262 cm³/mol. The molecule has 72 heavy (non-hydrogen) atoms. The standard InChI is InChI=1S/C49H51N9O12S2/c1-55(49(62)34-9-3-2-8-32(34)43-35-12-14-38(51)46(71(63,64)65)44(35)70-45-36(43)13-15-39(52)47(45)72(66,67)68)19-5-10-41(59)57-24-22-56(23-25-57)20-6-26-69-31-11-16-40-37(27-31)33(17-18-53-40)48(61)54-29-42(60)58-21-4-7-30(58)28-50/h2-3,8-9,11-18,27,30,51H,4-7,10,19-26,29,52H2,1H3,(H,54,61)(H,63,64,65)(H,66,67,68)/t30-/m0/s1.